The summed E-state index contributed by atoms with van der Waals surface area (Å²) in [4.78, 5) is 11.8. The van der Waals surface area contributed by atoms with Crippen LogP contribution >= 0.6 is 39.1 Å². The van der Waals surface area contributed by atoms with Crippen LogP contribution in [0.15, 0.2) is 46.0 Å². The molecule has 2 aromatic carbocycles. The van der Waals surface area contributed by atoms with Crippen LogP contribution in [0.25, 0.3) is 0 Å². The number of rotatable bonds is 8. The molecule has 2 aromatic rings. The summed E-state index contributed by atoms with van der Waals surface area (Å²) in [5.74, 6) is 0.646. The Labute approximate surface area is 170 Å². The standard InChI is InChI=1S/C18H17BrCl2N2O3/c1-2-7-25-16-5-3-13(19)8-12(16)10-22-23-18(24)11-26-17-6-4-14(20)9-15(17)21/h3-6,8-10H,2,7,11H2,1H3,(H,23,24)/b22-10+. The van der Waals surface area contributed by atoms with Crippen molar-refractivity contribution in [1.29, 1.82) is 0 Å². The fraction of sp³-hybridized carbons (Fsp3) is 0.222. The van der Waals surface area contributed by atoms with E-state index in [9.17, 15) is 4.79 Å². The number of ether oxygens (including phenoxy) is 2. The minimum absolute atomic E-state index is 0.226. The Hall–Kier alpha value is -1.76. The molecule has 0 radical (unpaired) electrons. The van der Waals surface area contributed by atoms with E-state index >= 15 is 0 Å². The van der Waals surface area contributed by atoms with Crippen LogP contribution in [0.5, 0.6) is 11.5 Å². The highest BCUT2D eigenvalue weighted by molar-refractivity contribution is 9.10. The summed E-state index contributed by atoms with van der Waals surface area (Å²) in [7, 11) is 0. The van der Waals surface area contributed by atoms with Crippen molar-refractivity contribution in [2.24, 2.45) is 5.10 Å². The lowest BCUT2D eigenvalue weighted by Crippen LogP contribution is -2.24. The molecule has 1 amide bonds. The van der Waals surface area contributed by atoms with Crippen LogP contribution in [0.4, 0.5) is 0 Å². The first-order chi connectivity index (χ1) is 12.5. The Morgan fingerprint density at radius 2 is 1.96 bits per heavy atom. The molecule has 0 spiro atoms. The van der Waals surface area contributed by atoms with Gasteiger partial charge in [-0.1, -0.05) is 46.1 Å². The van der Waals surface area contributed by atoms with E-state index in [0.29, 0.717) is 28.2 Å². The largest absolute Gasteiger partial charge is 0.493 e. The maximum atomic E-state index is 11.8. The molecule has 0 aliphatic rings. The first-order valence-electron chi connectivity index (χ1n) is 7.81. The van der Waals surface area contributed by atoms with Gasteiger partial charge in [-0.2, -0.15) is 5.10 Å². The van der Waals surface area contributed by atoms with Crippen molar-refractivity contribution in [3.8, 4) is 11.5 Å². The second-order valence-electron chi connectivity index (χ2n) is 5.19. The molecule has 1 N–H and O–H groups in total. The van der Waals surface area contributed by atoms with E-state index < -0.39 is 5.91 Å². The molecule has 0 fully saturated rings. The van der Waals surface area contributed by atoms with Crippen LogP contribution in [0.1, 0.15) is 18.9 Å². The number of carbonyl (C=O) groups excluding carboxylic acids is 1. The molecule has 138 valence electrons. The minimum atomic E-state index is -0.418. The van der Waals surface area contributed by atoms with Crippen LogP contribution in [0, 0.1) is 0 Å². The summed E-state index contributed by atoms with van der Waals surface area (Å²) >= 11 is 15.2. The number of benzene rings is 2. The molecule has 0 aliphatic heterocycles. The van der Waals surface area contributed by atoms with Crippen molar-refractivity contribution in [2.45, 2.75) is 13.3 Å². The van der Waals surface area contributed by atoms with E-state index in [0.717, 1.165) is 16.5 Å². The first-order valence-corrected chi connectivity index (χ1v) is 9.36. The zero-order valence-electron chi connectivity index (χ0n) is 14.0. The number of nitrogens with one attached hydrogen (secondary N) is 1. The first kappa shape index (κ1) is 20.6. The molecule has 0 saturated heterocycles. The average Bonchev–Trinajstić information content (AvgIpc) is 2.60. The van der Waals surface area contributed by atoms with Gasteiger partial charge in [-0.3, -0.25) is 4.79 Å². The van der Waals surface area contributed by atoms with Gasteiger partial charge in [-0.15, -0.1) is 0 Å². The Morgan fingerprint density at radius 1 is 1.19 bits per heavy atom. The molecule has 5 nitrogen and oxygen atoms in total. The predicted molar refractivity (Wildman–Crippen MR) is 108 cm³/mol. The minimum Gasteiger partial charge on any atom is -0.493 e. The smallest absolute Gasteiger partial charge is 0.277 e. The van der Waals surface area contributed by atoms with Crippen molar-refractivity contribution in [3.05, 3.63) is 56.5 Å². The number of halogens is 3. The van der Waals surface area contributed by atoms with Gasteiger partial charge in [-0.25, -0.2) is 5.43 Å². The van der Waals surface area contributed by atoms with Gasteiger partial charge in [0.15, 0.2) is 6.61 Å². The van der Waals surface area contributed by atoms with Gasteiger partial charge in [0, 0.05) is 15.1 Å². The third kappa shape index (κ3) is 6.52. The van der Waals surface area contributed by atoms with Crippen molar-refractivity contribution in [3.63, 3.8) is 0 Å². The van der Waals surface area contributed by atoms with E-state index in [-0.39, 0.29) is 6.61 Å². The Bertz CT molecular complexity index is 800. The highest BCUT2D eigenvalue weighted by Gasteiger charge is 2.06. The summed E-state index contributed by atoms with van der Waals surface area (Å²) in [5.41, 5.74) is 3.15. The molecule has 0 atom stereocenters. The number of carbonyl (C=O) groups is 1. The summed E-state index contributed by atoms with van der Waals surface area (Å²) in [6, 6.07) is 10.3. The number of hydrogen-bond donors (Lipinski definition) is 1. The monoisotopic (exact) mass is 458 g/mol. The summed E-state index contributed by atoms with van der Waals surface area (Å²) in [6.45, 7) is 2.40. The average molecular weight is 460 g/mol. The van der Waals surface area contributed by atoms with Crippen LogP contribution in [-0.2, 0) is 4.79 Å². The highest BCUT2D eigenvalue weighted by Crippen LogP contribution is 2.27. The van der Waals surface area contributed by atoms with Gasteiger partial charge in [0.05, 0.1) is 17.8 Å². The molecular formula is C18H17BrCl2N2O3. The topological polar surface area (TPSA) is 59.9 Å². The van der Waals surface area contributed by atoms with Crippen molar-refractivity contribution >= 4 is 51.3 Å². The van der Waals surface area contributed by atoms with E-state index in [1.807, 2.05) is 25.1 Å². The fourth-order valence-corrected chi connectivity index (χ4v) is 2.75. The Balaban J connectivity index is 1.91. The lowest BCUT2D eigenvalue weighted by Gasteiger charge is -2.09. The van der Waals surface area contributed by atoms with Gasteiger partial charge in [0.2, 0.25) is 0 Å². The zero-order valence-corrected chi connectivity index (χ0v) is 17.1. The fourth-order valence-electron chi connectivity index (χ4n) is 1.91. The maximum absolute atomic E-state index is 11.8. The van der Waals surface area contributed by atoms with E-state index in [1.165, 1.54) is 6.21 Å². The molecule has 0 unspecified atom stereocenters. The summed E-state index contributed by atoms with van der Waals surface area (Å²) < 4.78 is 11.9. The molecule has 0 aliphatic carbocycles. The van der Waals surface area contributed by atoms with Gasteiger partial charge in [0.25, 0.3) is 5.91 Å². The van der Waals surface area contributed by atoms with E-state index in [1.54, 1.807) is 18.2 Å². The molecule has 0 heterocycles. The predicted octanol–water partition coefficient (Wildman–Crippen LogP) is 5.07. The Morgan fingerprint density at radius 3 is 2.69 bits per heavy atom. The molecule has 26 heavy (non-hydrogen) atoms. The molecule has 8 heteroatoms. The van der Waals surface area contributed by atoms with Gasteiger partial charge >= 0.3 is 0 Å². The molecular weight excluding hydrogens is 443 g/mol. The van der Waals surface area contributed by atoms with Crippen LogP contribution < -0.4 is 14.9 Å². The van der Waals surface area contributed by atoms with Gasteiger partial charge < -0.3 is 9.47 Å². The van der Waals surface area contributed by atoms with Crippen LogP contribution in [0.3, 0.4) is 0 Å². The maximum Gasteiger partial charge on any atom is 0.277 e. The second kappa shape index (κ2) is 10.4. The lowest BCUT2D eigenvalue weighted by atomic mass is 10.2. The molecule has 0 saturated carbocycles. The second-order valence-corrected chi connectivity index (χ2v) is 6.95. The van der Waals surface area contributed by atoms with Gasteiger partial charge in [-0.05, 0) is 42.8 Å². The van der Waals surface area contributed by atoms with Crippen molar-refractivity contribution in [2.75, 3.05) is 13.2 Å². The van der Waals surface area contributed by atoms with Crippen molar-refractivity contribution in [1.82, 2.24) is 5.43 Å². The lowest BCUT2D eigenvalue weighted by molar-refractivity contribution is -0.123. The normalized spacial score (nSPS) is 10.8. The van der Waals surface area contributed by atoms with Crippen LogP contribution in [-0.4, -0.2) is 25.3 Å². The van der Waals surface area contributed by atoms with Crippen LogP contribution in [0.2, 0.25) is 10.0 Å². The number of hydrazone groups is 1. The van der Waals surface area contributed by atoms with Gasteiger partial charge in [0.1, 0.15) is 11.5 Å². The third-order valence-electron chi connectivity index (χ3n) is 3.08. The highest BCUT2D eigenvalue weighted by atomic mass is 79.9. The zero-order chi connectivity index (χ0) is 18.9. The summed E-state index contributed by atoms with van der Waals surface area (Å²) in [6.07, 6.45) is 2.41. The number of amides is 1. The summed E-state index contributed by atoms with van der Waals surface area (Å²) in [5, 5.41) is 4.77. The number of nitrogens with zero attached hydrogens (tertiary/aromatic N) is 1. The molecule has 0 aromatic heterocycles. The molecule has 2 rings (SSSR count). The van der Waals surface area contributed by atoms with E-state index in [2.05, 4.69) is 26.5 Å². The Kier molecular flexibility index (Phi) is 8.22. The number of hydrogen-bond acceptors (Lipinski definition) is 4. The molecule has 0 bridgehead atoms. The SMILES string of the molecule is CCCOc1ccc(Br)cc1/C=N/NC(=O)COc1ccc(Cl)cc1Cl. The quantitative estimate of drug-likeness (QED) is 0.442. The third-order valence-corrected chi connectivity index (χ3v) is 4.10. The van der Waals surface area contributed by atoms with Crippen molar-refractivity contribution < 1.29 is 14.3 Å². The van der Waals surface area contributed by atoms with E-state index in [4.69, 9.17) is 32.7 Å².